The third-order valence-corrected chi connectivity index (χ3v) is 6.55. The highest BCUT2D eigenvalue weighted by Crippen LogP contribution is 2.50. The number of nitrogens with one attached hydrogen (secondary N) is 1. The highest BCUT2D eigenvalue weighted by Gasteiger charge is 2.62. The number of benzene rings is 2. The van der Waals surface area contributed by atoms with Crippen molar-refractivity contribution < 1.29 is 40.4 Å². The molecule has 0 bridgehead atoms. The van der Waals surface area contributed by atoms with Gasteiger partial charge in [-0.15, -0.1) is 0 Å². The Morgan fingerprint density at radius 3 is 2.49 bits per heavy atom. The van der Waals surface area contributed by atoms with Crippen LogP contribution in [0.25, 0.3) is 10.8 Å². The lowest BCUT2D eigenvalue weighted by Crippen LogP contribution is -2.43. The van der Waals surface area contributed by atoms with E-state index in [0.717, 1.165) is 12.8 Å². The molecule has 1 aliphatic heterocycles. The topological polar surface area (TPSA) is 63.6 Å². The van der Waals surface area contributed by atoms with E-state index in [1.54, 1.807) is 0 Å². The maximum Gasteiger partial charge on any atom is 0.435 e. The Morgan fingerprint density at radius 2 is 1.81 bits per heavy atom. The Hall–Kier alpha value is -3.70. The molecular weight excluding hydrogens is 507 g/mol. The molecule has 2 aliphatic rings. The minimum absolute atomic E-state index is 0.0939. The van der Waals surface area contributed by atoms with Crippen molar-refractivity contribution in [1.82, 2.24) is 10.3 Å². The second-order valence-corrected chi connectivity index (χ2v) is 9.06. The number of hydrogen-bond acceptors (Lipinski definition) is 4. The third kappa shape index (κ3) is 4.49. The fourth-order valence-corrected chi connectivity index (χ4v) is 4.34. The molecule has 1 N–H and O–H groups in total. The van der Waals surface area contributed by atoms with E-state index >= 15 is 0 Å². The first-order chi connectivity index (χ1) is 17.4. The van der Waals surface area contributed by atoms with Gasteiger partial charge in [-0.05, 0) is 48.4 Å². The number of carbonyl (C=O) groups is 1. The Balaban J connectivity index is 1.53. The second-order valence-electron chi connectivity index (χ2n) is 9.06. The number of nitrogens with zero attached hydrogens (tertiary/aromatic N) is 2. The Labute approximate surface area is 205 Å². The Morgan fingerprint density at radius 1 is 1.05 bits per heavy atom. The van der Waals surface area contributed by atoms with Crippen LogP contribution >= 0.6 is 0 Å². The summed E-state index contributed by atoms with van der Waals surface area (Å²) in [7, 11) is 0. The van der Waals surface area contributed by atoms with E-state index in [9.17, 15) is 35.5 Å². The van der Waals surface area contributed by atoms with Crippen LogP contribution in [0, 0.1) is 11.7 Å². The van der Waals surface area contributed by atoms with Gasteiger partial charge in [-0.1, -0.05) is 17.3 Å². The lowest BCUT2D eigenvalue weighted by atomic mass is 9.84. The molecule has 1 atom stereocenters. The summed E-state index contributed by atoms with van der Waals surface area (Å²) in [6.07, 6.45) is -6.53. The summed E-state index contributed by atoms with van der Waals surface area (Å²) in [5.41, 5.74) is -5.78. The molecule has 0 saturated heterocycles. The van der Waals surface area contributed by atoms with Crippen molar-refractivity contribution in [2.75, 3.05) is 6.54 Å². The monoisotopic (exact) mass is 525 g/mol. The lowest BCUT2D eigenvalue weighted by molar-refractivity contribution is -0.276. The van der Waals surface area contributed by atoms with E-state index in [2.05, 4.69) is 15.5 Å². The van der Waals surface area contributed by atoms with Crippen LogP contribution in [0.2, 0.25) is 0 Å². The van der Waals surface area contributed by atoms with Gasteiger partial charge in [-0.3, -0.25) is 9.78 Å². The zero-order valence-corrected chi connectivity index (χ0v) is 18.9. The smallest absolute Gasteiger partial charge is 0.374 e. The summed E-state index contributed by atoms with van der Waals surface area (Å²) < 4.78 is 96.4. The van der Waals surface area contributed by atoms with Gasteiger partial charge in [0.1, 0.15) is 5.82 Å². The normalized spacial score (nSPS) is 20.0. The van der Waals surface area contributed by atoms with Crippen molar-refractivity contribution in [1.29, 1.82) is 0 Å². The van der Waals surface area contributed by atoms with E-state index in [1.165, 1.54) is 30.6 Å². The van der Waals surface area contributed by atoms with Crippen LogP contribution < -0.4 is 5.32 Å². The second kappa shape index (κ2) is 8.70. The van der Waals surface area contributed by atoms with E-state index in [0.29, 0.717) is 35.4 Å². The third-order valence-electron chi connectivity index (χ3n) is 6.55. The van der Waals surface area contributed by atoms with Gasteiger partial charge >= 0.3 is 12.4 Å². The highest BCUT2D eigenvalue weighted by atomic mass is 19.4. The number of alkyl halides is 6. The summed E-state index contributed by atoms with van der Waals surface area (Å²) in [6, 6.07) is 5.36. The molecule has 1 saturated carbocycles. The summed E-state index contributed by atoms with van der Waals surface area (Å²) in [5.74, 6) is -1.64. The molecule has 1 aromatic heterocycles. The molecule has 1 fully saturated rings. The zero-order chi connectivity index (χ0) is 26.6. The van der Waals surface area contributed by atoms with Gasteiger partial charge in [0.2, 0.25) is 0 Å². The number of oxime groups is 1. The summed E-state index contributed by atoms with van der Waals surface area (Å²) in [5, 5.41) is 7.16. The summed E-state index contributed by atoms with van der Waals surface area (Å²) >= 11 is 0. The molecule has 1 unspecified atom stereocenters. The molecule has 37 heavy (non-hydrogen) atoms. The van der Waals surface area contributed by atoms with Crippen molar-refractivity contribution in [3.05, 3.63) is 76.9 Å². The maximum absolute atomic E-state index is 14.3. The van der Waals surface area contributed by atoms with Crippen molar-refractivity contribution in [2.24, 2.45) is 11.1 Å². The molecule has 0 radical (unpaired) electrons. The first kappa shape index (κ1) is 25.0. The zero-order valence-electron chi connectivity index (χ0n) is 18.9. The van der Waals surface area contributed by atoms with Crippen molar-refractivity contribution in [3.8, 4) is 0 Å². The number of aromatic nitrogens is 1. The molecule has 194 valence electrons. The van der Waals surface area contributed by atoms with Crippen molar-refractivity contribution >= 4 is 22.4 Å². The van der Waals surface area contributed by atoms with Crippen LogP contribution in [0.3, 0.4) is 0 Å². The minimum Gasteiger partial charge on any atom is -0.374 e. The van der Waals surface area contributed by atoms with Gasteiger partial charge in [0.15, 0.2) is 0 Å². The Bertz CT molecular complexity index is 1410. The van der Waals surface area contributed by atoms with Gasteiger partial charge in [0, 0.05) is 47.4 Å². The average molecular weight is 525 g/mol. The predicted molar refractivity (Wildman–Crippen MR) is 118 cm³/mol. The average Bonchev–Trinajstić information content (AvgIpc) is 3.56. The molecule has 0 spiro atoms. The van der Waals surface area contributed by atoms with Gasteiger partial charge in [-0.2, -0.15) is 26.3 Å². The van der Waals surface area contributed by atoms with Gasteiger partial charge in [0.25, 0.3) is 11.5 Å². The summed E-state index contributed by atoms with van der Waals surface area (Å²) in [6.45, 7) is 0.509. The fraction of sp³-hybridized carbons (Fsp3) is 0.320. The molecular formula is C25H18F7N3O2. The number of amides is 1. The fourth-order valence-electron chi connectivity index (χ4n) is 4.34. The quantitative estimate of drug-likeness (QED) is 0.409. The number of pyridine rings is 1. The molecule has 1 amide bonds. The van der Waals surface area contributed by atoms with Gasteiger partial charge in [-0.25, -0.2) is 4.39 Å². The van der Waals surface area contributed by atoms with Gasteiger partial charge in [0.05, 0.1) is 11.3 Å². The number of halogens is 7. The molecule has 2 aromatic carbocycles. The molecule has 3 aromatic rings. The van der Waals surface area contributed by atoms with E-state index in [-0.39, 0.29) is 28.8 Å². The molecule has 2 heterocycles. The van der Waals surface area contributed by atoms with Crippen LogP contribution in [-0.2, 0) is 16.6 Å². The van der Waals surface area contributed by atoms with Crippen LogP contribution in [0.1, 0.15) is 46.3 Å². The van der Waals surface area contributed by atoms with E-state index in [4.69, 9.17) is 4.84 Å². The van der Waals surface area contributed by atoms with E-state index < -0.39 is 41.3 Å². The van der Waals surface area contributed by atoms with Crippen LogP contribution in [-0.4, -0.2) is 29.3 Å². The molecule has 1 aliphatic carbocycles. The molecule has 5 rings (SSSR count). The molecule has 12 heteroatoms. The van der Waals surface area contributed by atoms with Crippen molar-refractivity contribution in [2.45, 2.75) is 37.2 Å². The predicted octanol–water partition coefficient (Wildman–Crippen LogP) is 6.11. The van der Waals surface area contributed by atoms with Gasteiger partial charge < -0.3 is 10.2 Å². The van der Waals surface area contributed by atoms with Crippen LogP contribution in [0.4, 0.5) is 30.7 Å². The number of fused-ring (bicyclic) bond motifs is 1. The largest absolute Gasteiger partial charge is 0.435 e. The maximum atomic E-state index is 14.3. The number of hydrogen-bond donors (Lipinski definition) is 1. The lowest BCUT2D eigenvalue weighted by Gasteiger charge is -2.30. The van der Waals surface area contributed by atoms with Crippen molar-refractivity contribution in [3.63, 3.8) is 0 Å². The first-order valence-corrected chi connectivity index (χ1v) is 11.2. The standard InChI is InChI=1S/C25H18F7N3O2/c26-20-6-3-14(9-19(20)24(27,28)29)23(25(30,31)32)10-21(35-37-23)16-4-5-17(18-12-33-8-7-15(16)18)22(36)34-11-13-1-2-13/h3-9,12-13H,1-2,10-11H2,(H,34,36). The highest BCUT2D eigenvalue weighted by molar-refractivity contribution is 6.16. The number of carbonyl (C=O) groups excluding carboxylic acids is 1. The first-order valence-electron chi connectivity index (χ1n) is 11.2. The van der Waals surface area contributed by atoms with Crippen LogP contribution in [0.5, 0.6) is 0 Å². The van der Waals surface area contributed by atoms with E-state index in [1.807, 2.05) is 0 Å². The molecule has 5 nitrogen and oxygen atoms in total. The number of rotatable bonds is 5. The minimum atomic E-state index is -5.21. The Kier molecular flexibility index (Phi) is 5.87. The SMILES string of the molecule is O=C(NCC1CC1)c1ccc(C2=NOC(c3ccc(F)c(C(F)(F)F)c3)(C(F)(F)F)C2)c2ccncc12. The summed E-state index contributed by atoms with van der Waals surface area (Å²) in [4.78, 5) is 21.6. The van der Waals surface area contributed by atoms with Crippen LogP contribution in [0.15, 0.2) is 53.9 Å².